The number of rotatable bonds is 4. The molecule has 6 nitrogen and oxygen atoms in total. The Balaban J connectivity index is 1.91. The summed E-state index contributed by atoms with van der Waals surface area (Å²) in [6.07, 6.45) is 0.00652. The first-order valence-electron chi connectivity index (χ1n) is 7.59. The SMILES string of the molecule is O=C(CCl)N[C@H]1CN(C(=O)OCc2ccccc2)CCC[C@@H]1O. The lowest BCUT2D eigenvalue weighted by molar-refractivity contribution is -0.120. The summed E-state index contributed by atoms with van der Waals surface area (Å²) in [5, 5.41) is 12.7. The average Bonchev–Trinajstić information content (AvgIpc) is 2.75. The van der Waals surface area contributed by atoms with Gasteiger partial charge < -0.3 is 20.1 Å². The van der Waals surface area contributed by atoms with Crippen molar-refractivity contribution in [1.82, 2.24) is 10.2 Å². The predicted molar refractivity (Wildman–Crippen MR) is 86.1 cm³/mol. The molecule has 1 heterocycles. The van der Waals surface area contributed by atoms with Crippen molar-refractivity contribution in [3.05, 3.63) is 35.9 Å². The molecule has 0 unspecified atom stereocenters. The Morgan fingerprint density at radius 2 is 2.09 bits per heavy atom. The maximum absolute atomic E-state index is 12.2. The van der Waals surface area contributed by atoms with Gasteiger partial charge in [0.25, 0.3) is 0 Å². The molecule has 1 aromatic rings. The van der Waals surface area contributed by atoms with Crippen molar-refractivity contribution >= 4 is 23.6 Å². The summed E-state index contributed by atoms with van der Waals surface area (Å²) < 4.78 is 5.30. The molecule has 0 saturated carbocycles. The molecule has 1 aromatic carbocycles. The molecule has 2 amide bonds. The third-order valence-corrected chi connectivity index (χ3v) is 3.98. The van der Waals surface area contributed by atoms with Crippen molar-refractivity contribution in [2.75, 3.05) is 19.0 Å². The highest BCUT2D eigenvalue weighted by atomic mass is 35.5. The molecule has 0 aromatic heterocycles. The predicted octanol–water partition coefficient (Wildman–Crippen LogP) is 1.50. The summed E-state index contributed by atoms with van der Waals surface area (Å²) >= 11 is 5.48. The second-order valence-corrected chi connectivity index (χ2v) is 5.77. The highest BCUT2D eigenvalue weighted by Crippen LogP contribution is 2.14. The Bertz CT molecular complexity index is 526. The summed E-state index contributed by atoms with van der Waals surface area (Å²) in [4.78, 5) is 25.2. The van der Waals surface area contributed by atoms with E-state index in [0.717, 1.165) is 5.56 Å². The zero-order valence-corrected chi connectivity index (χ0v) is 13.5. The van der Waals surface area contributed by atoms with E-state index in [9.17, 15) is 14.7 Å². The third-order valence-electron chi connectivity index (χ3n) is 3.74. The number of hydrogen-bond donors (Lipinski definition) is 2. The molecule has 2 rings (SSSR count). The molecule has 0 radical (unpaired) electrons. The van der Waals surface area contributed by atoms with Crippen molar-refractivity contribution in [3.63, 3.8) is 0 Å². The van der Waals surface area contributed by atoms with Crippen molar-refractivity contribution in [2.45, 2.75) is 31.6 Å². The van der Waals surface area contributed by atoms with Crippen LogP contribution in [0.1, 0.15) is 18.4 Å². The van der Waals surface area contributed by atoms with Gasteiger partial charge in [-0.25, -0.2) is 4.79 Å². The second kappa shape index (κ2) is 8.74. The van der Waals surface area contributed by atoms with Crippen molar-refractivity contribution < 1.29 is 19.4 Å². The van der Waals surface area contributed by atoms with Crippen LogP contribution < -0.4 is 5.32 Å². The van der Waals surface area contributed by atoms with E-state index < -0.39 is 18.2 Å². The minimum Gasteiger partial charge on any atom is -0.445 e. The summed E-state index contributed by atoms with van der Waals surface area (Å²) in [6, 6.07) is 8.87. The Hall–Kier alpha value is -1.79. The maximum atomic E-state index is 12.2. The van der Waals surface area contributed by atoms with Gasteiger partial charge in [-0.05, 0) is 18.4 Å². The van der Waals surface area contributed by atoms with Crippen molar-refractivity contribution in [2.24, 2.45) is 0 Å². The van der Waals surface area contributed by atoms with E-state index in [-0.39, 0.29) is 24.9 Å². The lowest BCUT2D eigenvalue weighted by Gasteiger charge is -2.26. The highest BCUT2D eigenvalue weighted by Gasteiger charge is 2.29. The molecular formula is C16H21ClN2O4. The fourth-order valence-corrected chi connectivity index (χ4v) is 2.58. The number of aliphatic hydroxyl groups is 1. The van der Waals surface area contributed by atoms with Crippen LogP contribution in [-0.2, 0) is 16.1 Å². The smallest absolute Gasteiger partial charge is 0.410 e. The van der Waals surface area contributed by atoms with Gasteiger partial charge in [0.15, 0.2) is 0 Å². The van der Waals surface area contributed by atoms with E-state index in [0.29, 0.717) is 19.4 Å². The molecule has 23 heavy (non-hydrogen) atoms. The molecule has 1 fully saturated rings. The van der Waals surface area contributed by atoms with Gasteiger partial charge in [-0.3, -0.25) is 4.79 Å². The Morgan fingerprint density at radius 3 is 2.78 bits per heavy atom. The van der Waals surface area contributed by atoms with Crippen LogP contribution in [-0.4, -0.2) is 53.1 Å². The first kappa shape index (κ1) is 17.6. The molecule has 7 heteroatoms. The minimum absolute atomic E-state index is 0.179. The number of aliphatic hydroxyl groups excluding tert-OH is 1. The number of halogens is 1. The standard InChI is InChI=1S/C16H21ClN2O4/c17-9-15(21)18-13-10-19(8-4-7-14(13)20)16(22)23-11-12-5-2-1-3-6-12/h1-3,5-6,13-14,20H,4,7-11H2,(H,18,21)/t13-,14-/m0/s1. The number of amides is 2. The highest BCUT2D eigenvalue weighted by molar-refractivity contribution is 6.27. The summed E-state index contributed by atoms with van der Waals surface area (Å²) in [5.41, 5.74) is 0.905. The van der Waals surface area contributed by atoms with Crippen molar-refractivity contribution in [3.8, 4) is 0 Å². The Morgan fingerprint density at radius 1 is 1.35 bits per heavy atom. The van der Waals surface area contributed by atoms with Gasteiger partial charge in [0.2, 0.25) is 5.91 Å². The summed E-state index contributed by atoms with van der Waals surface area (Å²) in [6.45, 7) is 0.882. The van der Waals surface area contributed by atoms with E-state index in [4.69, 9.17) is 16.3 Å². The topological polar surface area (TPSA) is 78.9 Å². The largest absolute Gasteiger partial charge is 0.445 e. The molecule has 2 N–H and O–H groups in total. The normalized spacial score (nSPS) is 21.4. The number of ether oxygens (including phenoxy) is 1. The Kier molecular flexibility index (Phi) is 6.67. The van der Waals surface area contributed by atoms with E-state index >= 15 is 0 Å². The fraction of sp³-hybridized carbons (Fsp3) is 0.500. The quantitative estimate of drug-likeness (QED) is 0.814. The number of hydrogen-bond acceptors (Lipinski definition) is 4. The van der Waals surface area contributed by atoms with Crippen LogP contribution in [0.15, 0.2) is 30.3 Å². The summed E-state index contributed by atoms with van der Waals surface area (Å²) in [5.74, 6) is -0.544. The van der Waals surface area contributed by atoms with E-state index in [2.05, 4.69) is 5.32 Å². The molecule has 1 aliphatic rings. The van der Waals surface area contributed by atoms with Crippen LogP contribution in [0.3, 0.4) is 0 Å². The number of nitrogens with zero attached hydrogens (tertiary/aromatic N) is 1. The second-order valence-electron chi connectivity index (χ2n) is 5.50. The van der Waals surface area contributed by atoms with Crippen LogP contribution in [0.2, 0.25) is 0 Å². The van der Waals surface area contributed by atoms with Gasteiger partial charge >= 0.3 is 6.09 Å². The molecule has 2 atom stereocenters. The third kappa shape index (κ3) is 5.41. The van der Waals surface area contributed by atoms with Crippen LogP contribution in [0.25, 0.3) is 0 Å². The molecule has 1 saturated heterocycles. The number of carbonyl (C=O) groups excluding carboxylic acids is 2. The first-order valence-corrected chi connectivity index (χ1v) is 8.12. The lowest BCUT2D eigenvalue weighted by Crippen LogP contribution is -2.50. The molecular weight excluding hydrogens is 320 g/mol. The van der Waals surface area contributed by atoms with E-state index in [1.807, 2.05) is 30.3 Å². The molecule has 0 aliphatic carbocycles. The maximum Gasteiger partial charge on any atom is 0.410 e. The number of nitrogens with one attached hydrogen (secondary N) is 1. The lowest BCUT2D eigenvalue weighted by atomic mass is 10.1. The monoisotopic (exact) mass is 340 g/mol. The zero-order chi connectivity index (χ0) is 16.7. The van der Waals surface area contributed by atoms with Gasteiger partial charge in [-0.1, -0.05) is 30.3 Å². The zero-order valence-electron chi connectivity index (χ0n) is 12.8. The number of alkyl halides is 1. The summed E-state index contributed by atoms with van der Waals surface area (Å²) in [7, 11) is 0. The molecule has 0 bridgehead atoms. The van der Waals surface area contributed by atoms with Crippen LogP contribution in [0.5, 0.6) is 0 Å². The number of benzene rings is 1. The van der Waals surface area contributed by atoms with Crippen LogP contribution in [0, 0.1) is 0 Å². The molecule has 0 spiro atoms. The first-order chi connectivity index (χ1) is 11.1. The fourth-order valence-electron chi connectivity index (χ4n) is 2.51. The van der Waals surface area contributed by atoms with Crippen molar-refractivity contribution in [1.29, 1.82) is 0 Å². The van der Waals surface area contributed by atoms with Crippen LogP contribution in [0.4, 0.5) is 4.79 Å². The van der Waals surface area contributed by atoms with Gasteiger partial charge in [0.1, 0.15) is 12.5 Å². The minimum atomic E-state index is -0.700. The molecule has 1 aliphatic heterocycles. The van der Waals surface area contributed by atoms with E-state index in [1.165, 1.54) is 4.90 Å². The Labute approximate surface area is 140 Å². The van der Waals surface area contributed by atoms with Gasteiger partial charge in [0.05, 0.1) is 12.1 Å². The van der Waals surface area contributed by atoms with E-state index in [1.54, 1.807) is 0 Å². The molecule has 126 valence electrons. The van der Waals surface area contributed by atoms with Gasteiger partial charge in [-0.2, -0.15) is 0 Å². The number of carbonyl (C=O) groups is 2. The average molecular weight is 341 g/mol. The van der Waals surface area contributed by atoms with Gasteiger partial charge in [0, 0.05) is 13.1 Å². The van der Waals surface area contributed by atoms with Crippen LogP contribution >= 0.6 is 11.6 Å². The van der Waals surface area contributed by atoms with Gasteiger partial charge in [-0.15, -0.1) is 11.6 Å². The number of likely N-dealkylation sites (tertiary alicyclic amines) is 1.